The van der Waals surface area contributed by atoms with Gasteiger partial charge in [0.25, 0.3) is 0 Å². The maximum absolute atomic E-state index is 9.57. The van der Waals surface area contributed by atoms with Crippen LogP contribution in [0.1, 0.15) is 13.3 Å². The number of rotatable bonds is 6. The third-order valence-electron chi connectivity index (χ3n) is 1.04. The smallest absolute Gasteiger partial charge is 0.0823 e. The summed E-state index contributed by atoms with van der Waals surface area (Å²) in [6.45, 7) is 3.40. The largest absolute Gasteiger partial charge is 0.392 e. The summed E-state index contributed by atoms with van der Waals surface area (Å²) < 4.78 is 0. The van der Waals surface area contributed by atoms with Crippen molar-refractivity contribution in [3.63, 3.8) is 0 Å². The summed E-state index contributed by atoms with van der Waals surface area (Å²) in [6.07, 6.45) is 0.431. The molecule has 0 saturated carbocycles. The van der Waals surface area contributed by atoms with Gasteiger partial charge in [-0.1, -0.05) is 5.18 Å². The first-order valence-corrected chi connectivity index (χ1v) is 3.45. The minimum atomic E-state index is -0.316. The molecule has 0 bridgehead atoms. The van der Waals surface area contributed by atoms with Gasteiger partial charge in [-0.15, -0.1) is 0 Å². The number of aliphatic hydroxyl groups excluding tert-OH is 1. The first-order valence-electron chi connectivity index (χ1n) is 3.45. The lowest BCUT2D eigenvalue weighted by molar-refractivity contribution is 0.191. The van der Waals surface area contributed by atoms with E-state index < -0.39 is 0 Å². The van der Waals surface area contributed by atoms with Crippen molar-refractivity contribution in [1.82, 2.24) is 5.32 Å². The molecule has 0 aromatic heterocycles. The number of nitrogens with zero attached hydrogens (tertiary/aromatic N) is 1. The third kappa shape index (κ3) is 7.52. The molecule has 1 unspecified atom stereocenters. The van der Waals surface area contributed by atoms with Gasteiger partial charge in [-0.25, -0.2) is 0 Å². The molecule has 4 nitrogen and oxygen atoms in total. The van der Waals surface area contributed by atoms with E-state index in [0.717, 1.165) is 13.0 Å². The van der Waals surface area contributed by atoms with Crippen LogP contribution in [0.25, 0.3) is 0 Å². The molecule has 0 aliphatic heterocycles. The van der Waals surface area contributed by atoms with Crippen molar-refractivity contribution >= 4 is 0 Å². The van der Waals surface area contributed by atoms with Gasteiger partial charge in [-0.3, -0.25) is 0 Å². The first-order chi connectivity index (χ1) is 4.77. The zero-order valence-corrected chi connectivity index (χ0v) is 6.21. The topological polar surface area (TPSA) is 61.7 Å². The number of nitroso groups, excluding NO2 is 1. The summed E-state index contributed by atoms with van der Waals surface area (Å²) in [7, 11) is 0. The average Bonchev–Trinajstić information content (AvgIpc) is 1.87. The fourth-order valence-electron chi connectivity index (χ4n) is 0.580. The Kier molecular flexibility index (Phi) is 6.32. The molecular weight excluding hydrogens is 132 g/mol. The molecule has 1 atom stereocenters. The summed E-state index contributed by atoms with van der Waals surface area (Å²) >= 11 is 0. The van der Waals surface area contributed by atoms with Crippen LogP contribution in [-0.2, 0) is 0 Å². The van der Waals surface area contributed by atoms with Crippen LogP contribution in [0.2, 0.25) is 0 Å². The van der Waals surface area contributed by atoms with Gasteiger partial charge in [0.2, 0.25) is 0 Å². The zero-order chi connectivity index (χ0) is 7.82. The minimum Gasteiger partial charge on any atom is -0.392 e. The Morgan fingerprint density at radius 1 is 1.70 bits per heavy atom. The summed E-state index contributed by atoms with van der Waals surface area (Å²) in [5, 5.41) is 14.4. The molecule has 10 heavy (non-hydrogen) atoms. The van der Waals surface area contributed by atoms with Gasteiger partial charge < -0.3 is 10.4 Å². The van der Waals surface area contributed by atoms with Gasteiger partial charge in [0.1, 0.15) is 0 Å². The normalized spacial score (nSPS) is 13.0. The predicted octanol–water partition coefficient (Wildman–Crippen LogP) is 0.113. The molecule has 0 aromatic carbocycles. The maximum Gasteiger partial charge on any atom is 0.0823 e. The predicted molar refractivity (Wildman–Crippen MR) is 39.8 cm³/mol. The Balaban J connectivity index is 2.83. The fourth-order valence-corrected chi connectivity index (χ4v) is 0.580. The Labute approximate surface area is 60.6 Å². The van der Waals surface area contributed by atoms with E-state index in [0.29, 0.717) is 13.1 Å². The number of hydrogen-bond acceptors (Lipinski definition) is 4. The van der Waals surface area contributed by atoms with Crippen LogP contribution < -0.4 is 5.32 Å². The molecule has 2 N–H and O–H groups in total. The van der Waals surface area contributed by atoms with Gasteiger partial charge >= 0.3 is 0 Å². The van der Waals surface area contributed by atoms with Gasteiger partial charge in [-0.05, 0) is 19.9 Å². The molecule has 0 radical (unpaired) electrons. The number of aliphatic hydroxyl groups is 1. The monoisotopic (exact) mass is 146 g/mol. The lowest BCUT2D eigenvalue weighted by atomic mass is 10.4. The Morgan fingerprint density at radius 2 is 2.40 bits per heavy atom. The Morgan fingerprint density at radius 3 is 2.90 bits per heavy atom. The molecule has 0 heterocycles. The van der Waals surface area contributed by atoms with Gasteiger partial charge in [0.15, 0.2) is 0 Å². The van der Waals surface area contributed by atoms with E-state index in [1.807, 2.05) is 0 Å². The van der Waals surface area contributed by atoms with Crippen LogP contribution in [0, 0.1) is 4.91 Å². The van der Waals surface area contributed by atoms with E-state index in [4.69, 9.17) is 5.11 Å². The van der Waals surface area contributed by atoms with Gasteiger partial charge in [0.05, 0.1) is 12.6 Å². The zero-order valence-electron chi connectivity index (χ0n) is 6.21. The summed E-state index contributed by atoms with van der Waals surface area (Å²) in [6, 6.07) is 0. The molecule has 4 heteroatoms. The minimum absolute atomic E-state index is 0.316. The van der Waals surface area contributed by atoms with Crippen molar-refractivity contribution in [2.75, 3.05) is 19.6 Å². The molecule has 0 aliphatic rings. The highest BCUT2D eigenvalue weighted by Gasteiger charge is 1.92. The Hall–Kier alpha value is -0.480. The van der Waals surface area contributed by atoms with E-state index in [1.165, 1.54) is 0 Å². The van der Waals surface area contributed by atoms with E-state index in [-0.39, 0.29) is 6.10 Å². The summed E-state index contributed by atoms with van der Waals surface area (Å²) in [5.41, 5.74) is 0. The lowest BCUT2D eigenvalue weighted by Crippen LogP contribution is -2.25. The molecule has 0 spiro atoms. The van der Waals surface area contributed by atoms with Crippen molar-refractivity contribution in [3.8, 4) is 0 Å². The molecular formula is C6H14N2O2. The fraction of sp³-hybridized carbons (Fsp3) is 1.00. The molecule has 60 valence electrons. The van der Waals surface area contributed by atoms with Crippen molar-refractivity contribution in [1.29, 1.82) is 0 Å². The maximum atomic E-state index is 9.57. The third-order valence-corrected chi connectivity index (χ3v) is 1.04. The number of hydrogen-bond donors (Lipinski definition) is 2. The molecule has 0 saturated heterocycles. The molecule has 0 fully saturated rings. The molecule has 0 aliphatic carbocycles. The highest BCUT2D eigenvalue weighted by atomic mass is 16.3. The molecule has 0 rings (SSSR count). The number of nitrogens with one attached hydrogen (secondary N) is 1. The second-order valence-electron chi connectivity index (χ2n) is 2.26. The first kappa shape index (κ1) is 9.52. The van der Waals surface area contributed by atoms with Crippen molar-refractivity contribution < 1.29 is 5.11 Å². The summed E-state index contributed by atoms with van der Waals surface area (Å²) in [4.78, 5) is 9.57. The molecule has 0 amide bonds. The van der Waals surface area contributed by atoms with Crippen LogP contribution in [0.5, 0.6) is 0 Å². The summed E-state index contributed by atoms with van der Waals surface area (Å²) in [5.74, 6) is 0. The van der Waals surface area contributed by atoms with Crippen LogP contribution in [0.3, 0.4) is 0 Å². The highest BCUT2D eigenvalue weighted by molar-refractivity contribution is 4.53. The van der Waals surface area contributed by atoms with E-state index in [1.54, 1.807) is 6.92 Å². The van der Waals surface area contributed by atoms with Crippen molar-refractivity contribution in [2.45, 2.75) is 19.4 Å². The molecule has 0 aromatic rings. The second-order valence-corrected chi connectivity index (χ2v) is 2.26. The van der Waals surface area contributed by atoms with Crippen LogP contribution in [0.4, 0.5) is 0 Å². The average molecular weight is 146 g/mol. The van der Waals surface area contributed by atoms with Crippen LogP contribution >= 0.6 is 0 Å². The Bertz CT molecular complexity index is 85.8. The van der Waals surface area contributed by atoms with E-state index >= 15 is 0 Å². The van der Waals surface area contributed by atoms with Gasteiger partial charge in [0, 0.05) is 6.54 Å². The van der Waals surface area contributed by atoms with Gasteiger partial charge in [-0.2, -0.15) is 4.91 Å². The van der Waals surface area contributed by atoms with Crippen LogP contribution in [-0.4, -0.2) is 30.8 Å². The van der Waals surface area contributed by atoms with E-state index in [2.05, 4.69) is 10.5 Å². The standard InChI is InChI=1S/C6H14N2O2/c1-6(9)5-7-3-2-4-8-10/h6-7,9H,2-5H2,1H3. The van der Waals surface area contributed by atoms with Crippen LogP contribution in [0.15, 0.2) is 5.18 Å². The van der Waals surface area contributed by atoms with Crippen molar-refractivity contribution in [3.05, 3.63) is 4.91 Å². The SMILES string of the molecule is CC(O)CNCCCN=O. The lowest BCUT2D eigenvalue weighted by Gasteiger charge is -2.04. The van der Waals surface area contributed by atoms with E-state index in [9.17, 15) is 4.91 Å². The second kappa shape index (κ2) is 6.64. The quantitative estimate of drug-likeness (QED) is 0.413. The highest BCUT2D eigenvalue weighted by Crippen LogP contribution is 1.79. The van der Waals surface area contributed by atoms with Crippen molar-refractivity contribution in [2.24, 2.45) is 5.18 Å².